The minimum atomic E-state index is -0.661. The summed E-state index contributed by atoms with van der Waals surface area (Å²) in [7, 11) is 0. The van der Waals surface area contributed by atoms with Gasteiger partial charge in [-0.05, 0) is 13.8 Å². The lowest BCUT2D eigenvalue weighted by atomic mass is 10.0. The summed E-state index contributed by atoms with van der Waals surface area (Å²) in [6.45, 7) is 6.09. The summed E-state index contributed by atoms with van der Waals surface area (Å²) in [4.78, 5) is 10.7. The fraction of sp³-hybridized carbons (Fsp3) is 0.900. The van der Waals surface area contributed by atoms with Crippen molar-refractivity contribution in [3.8, 4) is 0 Å². The lowest BCUT2D eigenvalue weighted by Gasteiger charge is -2.22. The number of hydrogen-bond donors (Lipinski definition) is 2. The van der Waals surface area contributed by atoms with E-state index in [-0.39, 0.29) is 18.4 Å². The van der Waals surface area contributed by atoms with E-state index in [9.17, 15) is 9.90 Å². The summed E-state index contributed by atoms with van der Waals surface area (Å²) in [5.74, 6) is -0.881. The molecule has 2 atom stereocenters. The largest absolute Gasteiger partial charge is 0.390 e. The first-order valence-corrected chi connectivity index (χ1v) is 5.11. The van der Waals surface area contributed by atoms with E-state index in [4.69, 9.17) is 9.47 Å². The molecule has 5 heteroatoms. The van der Waals surface area contributed by atoms with Gasteiger partial charge in [0.15, 0.2) is 5.79 Å². The van der Waals surface area contributed by atoms with Crippen LogP contribution in [0.5, 0.6) is 0 Å². The fourth-order valence-electron chi connectivity index (χ4n) is 1.35. The van der Waals surface area contributed by atoms with Gasteiger partial charge < -0.3 is 19.9 Å². The molecule has 1 unspecified atom stereocenters. The topological polar surface area (TPSA) is 67.8 Å². The van der Waals surface area contributed by atoms with Crippen molar-refractivity contribution in [1.29, 1.82) is 0 Å². The molecule has 1 rings (SSSR count). The number of ether oxygens (including phenoxy) is 2. The minimum absolute atomic E-state index is 0.105. The molecule has 0 radical (unpaired) electrons. The van der Waals surface area contributed by atoms with E-state index in [1.54, 1.807) is 13.8 Å². The predicted octanol–water partition coefficient (Wildman–Crippen LogP) is -0.118. The molecule has 1 fully saturated rings. The van der Waals surface area contributed by atoms with Gasteiger partial charge in [0.1, 0.15) is 0 Å². The van der Waals surface area contributed by atoms with Gasteiger partial charge in [-0.25, -0.2) is 0 Å². The van der Waals surface area contributed by atoms with Gasteiger partial charge in [-0.3, -0.25) is 4.79 Å². The molecule has 0 aromatic rings. The molecular formula is C10H19NO4. The zero-order chi connectivity index (χ0) is 11.5. The zero-order valence-corrected chi connectivity index (χ0v) is 9.45. The van der Waals surface area contributed by atoms with Crippen LogP contribution >= 0.6 is 0 Å². The smallest absolute Gasteiger partial charge is 0.216 e. The van der Waals surface area contributed by atoms with E-state index in [1.807, 2.05) is 0 Å². The molecule has 1 amide bonds. The van der Waals surface area contributed by atoms with Crippen LogP contribution < -0.4 is 5.32 Å². The molecule has 88 valence electrons. The Bertz CT molecular complexity index is 229. The normalized spacial score (nSPS) is 30.7. The second kappa shape index (κ2) is 4.92. The van der Waals surface area contributed by atoms with E-state index < -0.39 is 11.9 Å². The van der Waals surface area contributed by atoms with Crippen LogP contribution in [0.3, 0.4) is 0 Å². The number of aliphatic hydroxyl groups excluding tert-OH is 1. The molecule has 15 heavy (non-hydrogen) atoms. The number of carbonyl (C=O) groups excluding carboxylic acids is 1. The van der Waals surface area contributed by atoms with Gasteiger partial charge in [0.05, 0.1) is 19.3 Å². The number of rotatable bonds is 2. The summed E-state index contributed by atoms with van der Waals surface area (Å²) in [6.07, 6.45) is -0.598. The number of aliphatic hydroxyl groups is 1. The molecule has 0 aromatic heterocycles. The summed E-state index contributed by atoms with van der Waals surface area (Å²) in [5, 5.41) is 12.4. The first-order valence-electron chi connectivity index (χ1n) is 5.11. The van der Waals surface area contributed by atoms with E-state index >= 15 is 0 Å². The van der Waals surface area contributed by atoms with Crippen LogP contribution in [0, 0.1) is 5.92 Å². The second-order valence-corrected chi connectivity index (χ2v) is 4.29. The maximum atomic E-state index is 10.7. The third-order valence-corrected chi connectivity index (χ3v) is 2.40. The van der Waals surface area contributed by atoms with E-state index in [0.29, 0.717) is 13.2 Å². The molecule has 1 saturated heterocycles. The molecule has 0 bridgehead atoms. The van der Waals surface area contributed by atoms with E-state index in [1.165, 1.54) is 6.92 Å². The van der Waals surface area contributed by atoms with Gasteiger partial charge in [0, 0.05) is 19.4 Å². The van der Waals surface area contributed by atoms with Crippen LogP contribution in [0.1, 0.15) is 20.8 Å². The van der Waals surface area contributed by atoms with Crippen LogP contribution in [-0.2, 0) is 14.3 Å². The number of hydrogen-bond acceptors (Lipinski definition) is 4. The Kier molecular flexibility index (Phi) is 4.07. The monoisotopic (exact) mass is 217 g/mol. The van der Waals surface area contributed by atoms with Crippen molar-refractivity contribution in [2.24, 2.45) is 5.92 Å². The van der Waals surface area contributed by atoms with Crippen LogP contribution in [0.25, 0.3) is 0 Å². The second-order valence-electron chi connectivity index (χ2n) is 4.29. The van der Waals surface area contributed by atoms with E-state index in [2.05, 4.69) is 5.32 Å². The van der Waals surface area contributed by atoms with Crippen molar-refractivity contribution < 1.29 is 19.4 Å². The van der Waals surface area contributed by atoms with Crippen molar-refractivity contribution in [2.45, 2.75) is 32.7 Å². The van der Waals surface area contributed by atoms with Crippen LogP contribution in [0.4, 0.5) is 0 Å². The highest BCUT2D eigenvalue weighted by Crippen LogP contribution is 2.20. The third-order valence-electron chi connectivity index (χ3n) is 2.40. The highest BCUT2D eigenvalue weighted by molar-refractivity contribution is 5.72. The molecule has 1 aliphatic rings. The molecule has 1 heterocycles. The maximum Gasteiger partial charge on any atom is 0.216 e. The summed E-state index contributed by atoms with van der Waals surface area (Å²) < 4.78 is 10.8. The predicted molar refractivity (Wildman–Crippen MR) is 54.2 cm³/mol. The van der Waals surface area contributed by atoms with Crippen molar-refractivity contribution in [3.05, 3.63) is 0 Å². The number of nitrogens with one attached hydrogen (secondary N) is 1. The first kappa shape index (κ1) is 12.4. The van der Waals surface area contributed by atoms with Crippen LogP contribution in [0.2, 0.25) is 0 Å². The molecule has 0 saturated carbocycles. The SMILES string of the molecule is CC(=O)NC[C@@H]1COC(C)(C)OCC1O. The lowest BCUT2D eigenvalue weighted by molar-refractivity contribution is -0.204. The molecule has 1 aliphatic heterocycles. The summed E-state index contributed by atoms with van der Waals surface area (Å²) >= 11 is 0. The summed E-state index contributed by atoms with van der Waals surface area (Å²) in [5.41, 5.74) is 0. The Morgan fingerprint density at radius 2 is 2.07 bits per heavy atom. The van der Waals surface area contributed by atoms with Crippen molar-refractivity contribution in [1.82, 2.24) is 5.32 Å². The van der Waals surface area contributed by atoms with Gasteiger partial charge >= 0.3 is 0 Å². The van der Waals surface area contributed by atoms with Crippen LogP contribution in [-0.4, -0.2) is 42.7 Å². The average molecular weight is 217 g/mol. The Labute approximate surface area is 89.8 Å². The Morgan fingerprint density at radius 1 is 1.47 bits per heavy atom. The fourth-order valence-corrected chi connectivity index (χ4v) is 1.35. The number of carbonyl (C=O) groups is 1. The minimum Gasteiger partial charge on any atom is -0.390 e. The Hall–Kier alpha value is -0.650. The highest BCUT2D eigenvalue weighted by Gasteiger charge is 2.31. The molecular weight excluding hydrogens is 198 g/mol. The molecule has 0 aliphatic carbocycles. The lowest BCUT2D eigenvalue weighted by Crippen LogP contribution is -2.37. The van der Waals surface area contributed by atoms with Crippen molar-refractivity contribution >= 4 is 5.91 Å². The van der Waals surface area contributed by atoms with Crippen molar-refractivity contribution in [2.75, 3.05) is 19.8 Å². The highest BCUT2D eigenvalue weighted by atomic mass is 16.7. The zero-order valence-electron chi connectivity index (χ0n) is 9.45. The standard InChI is InChI=1S/C10H19NO4/c1-7(12)11-4-8-5-14-10(2,3)15-6-9(8)13/h8-9,13H,4-6H2,1-3H3,(H,11,12)/t8-,9?/m1/s1. The average Bonchev–Trinajstić information content (AvgIpc) is 2.25. The Balaban J connectivity index is 2.46. The first-order chi connectivity index (χ1) is 6.91. The van der Waals surface area contributed by atoms with Gasteiger partial charge in [0.2, 0.25) is 5.91 Å². The van der Waals surface area contributed by atoms with Gasteiger partial charge in [-0.15, -0.1) is 0 Å². The van der Waals surface area contributed by atoms with Gasteiger partial charge in [0.25, 0.3) is 0 Å². The molecule has 2 N–H and O–H groups in total. The van der Waals surface area contributed by atoms with Crippen LogP contribution in [0.15, 0.2) is 0 Å². The Morgan fingerprint density at radius 3 is 2.67 bits per heavy atom. The summed E-state index contributed by atoms with van der Waals surface area (Å²) in [6, 6.07) is 0. The maximum absolute atomic E-state index is 10.7. The van der Waals surface area contributed by atoms with Gasteiger partial charge in [-0.1, -0.05) is 0 Å². The number of amides is 1. The van der Waals surface area contributed by atoms with E-state index in [0.717, 1.165) is 0 Å². The third kappa shape index (κ3) is 4.15. The van der Waals surface area contributed by atoms with Crippen molar-refractivity contribution in [3.63, 3.8) is 0 Å². The molecule has 0 aromatic carbocycles. The molecule has 0 spiro atoms. The quantitative estimate of drug-likeness (QED) is 0.677. The van der Waals surface area contributed by atoms with Gasteiger partial charge in [-0.2, -0.15) is 0 Å². The molecule has 5 nitrogen and oxygen atoms in total.